The molecule has 1 aromatic carbocycles. The molecule has 1 saturated carbocycles. The van der Waals surface area contributed by atoms with Gasteiger partial charge in [0.1, 0.15) is 12.6 Å². The van der Waals surface area contributed by atoms with E-state index in [0.717, 1.165) is 5.56 Å². The van der Waals surface area contributed by atoms with Crippen LogP contribution in [0.4, 0.5) is 0 Å². The Morgan fingerprint density at radius 2 is 1.83 bits per heavy atom. The molecular weight excluding hydrogens is 302 g/mol. The van der Waals surface area contributed by atoms with Crippen molar-refractivity contribution in [2.75, 3.05) is 6.54 Å². The van der Waals surface area contributed by atoms with Gasteiger partial charge in [-0.1, -0.05) is 65.0 Å². The highest BCUT2D eigenvalue weighted by atomic mass is 16.5. The van der Waals surface area contributed by atoms with Gasteiger partial charge in [0.25, 0.3) is 0 Å². The highest BCUT2D eigenvalue weighted by Gasteiger charge is 2.70. The second-order valence-corrected chi connectivity index (χ2v) is 8.70. The second kappa shape index (κ2) is 5.61. The van der Waals surface area contributed by atoms with Crippen molar-refractivity contribution in [3.63, 3.8) is 0 Å². The molecule has 130 valence electrons. The van der Waals surface area contributed by atoms with Crippen molar-refractivity contribution in [3.8, 4) is 0 Å². The normalized spacial score (nSPS) is 27.5. The van der Waals surface area contributed by atoms with Crippen LogP contribution in [0.1, 0.15) is 40.2 Å². The number of amides is 1. The third-order valence-electron chi connectivity index (χ3n) is 5.58. The lowest BCUT2D eigenvalue weighted by molar-refractivity contribution is -0.159. The van der Waals surface area contributed by atoms with E-state index in [2.05, 4.69) is 13.8 Å². The minimum absolute atomic E-state index is 0.0344. The molecule has 1 heterocycles. The summed E-state index contributed by atoms with van der Waals surface area (Å²) in [6.45, 7) is 11.0. The highest BCUT2D eigenvalue weighted by molar-refractivity contribution is 5.89. The van der Waals surface area contributed by atoms with E-state index < -0.39 is 11.5 Å². The molecule has 0 aromatic heterocycles. The van der Waals surface area contributed by atoms with Crippen LogP contribution in [-0.4, -0.2) is 29.4 Å². The summed E-state index contributed by atoms with van der Waals surface area (Å²) in [5.74, 6) is 0.381. The number of carbonyl (C=O) groups excluding carboxylic acids is 2. The summed E-state index contributed by atoms with van der Waals surface area (Å²) < 4.78 is 5.56. The van der Waals surface area contributed by atoms with Gasteiger partial charge in [-0.05, 0) is 16.9 Å². The average Bonchev–Trinajstić information content (AvgIpc) is 2.87. The number of rotatable bonds is 3. The number of nitrogens with zero attached hydrogens (tertiary/aromatic N) is 1. The van der Waals surface area contributed by atoms with Crippen LogP contribution in [0.3, 0.4) is 0 Å². The first kappa shape index (κ1) is 17.0. The number of hydrogen-bond acceptors (Lipinski definition) is 3. The summed E-state index contributed by atoms with van der Waals surface area (Å²) in [4.78, 5) is 27.3. The van der Waals surface area contributed by atoms with Crippen molar-refractivity contribution in [3.05, 3.63) is 35.9 Å². The maximum absolute atomic E-state index is 12.8. The molecule has 2 fully saturated rings. The number of likely N-dealkylation sites (tertiary alicyclic amines) is 1. The Morgan fingerprint density at radius 3 is 2.42 bits per heavy atom. The summed E-state index contributed by atoms with van der Waals surface area (Å²) in [6, 6.07) is 9.21. The van der Waals surface area contributed by atoms with Crippen LogP contribution in [0.5, 0.6) is 0 Å². The van der Waals surface area contributed by atoms with E-state index >= 15 is 0 Å². The van der Waals surface area contributed by atoms with Crippen molar-refractivity contribution < 1.29 is 14.3 Å². The van der Waals surface area contributed by atoms with Gasteiger partial charge in [0, 0.05) is 17.9 Å². The summed E-state index contributed by atoms with van der Waals surface area (Å²) in [7, 11) is 0. The quantitative estimate of drug-likeness (QED) is 0.800. The van der Waals surface area contributed by atoms with Gasteiger partial charge in [0.05, 0.1) is 0 Å². The third-order valence-corrected chi connectivity index (χ3v) is 5.58. The lowest BCUT2D eigenvalue weighted by Gasteiger charge is -2.33. The van der Waals surface area contributed by atoms with E-state index in [4.69, 9.17) is 4.74 Å². The first-order valence-corrected chi connectivity index (χ1v) is 8.65. The van der Waals surface area contributed by atoms with Gasteiger partial charge >= 0.3 is 5.97 Å². The fraction of sp³-hybridized carbons (Fsp3) is 0.600. The number of fused-ring (bicyclic) bond motifs is 1. The Balaban J connectivity index is 1.74. The molecule has 0 unspecified atom stereocenters. The molecule has 1 saturated heterocycles. The van der Waals surface area contributed by atoms with Crippen molar-refractivity contribution in [1.82, 2.24) is 4.90 Å². The summed E-state index contributed by atoms with van der Waals surface area (Å²) in [5, 5.41) is 0. The molecule has 0 radical (unpaired) electrons. The molecule has 0 bridgehead atoms. The van der Waals surface area contributed by atoms with Crippen molar-refractivity contribution >= 4 is 11.9 Å². The minimum atomic E-state index is -0.487. The molecule has 1 aromatic rings. The van der Waals surface area contributed by atoms with Gasteiger partial charge in [-0.15, -0.1) is 0 Å². The maximum atomic E-state index is 12.8. The third kappa shape index (κ3) is 2.83. The smallest absolute Gasteiger partial charge is 0.329 e. The maximum Gasteiger partial charge on any atom is 0.329 e. The summed E-state index contributed by atoms with van der Waals surface area (Å²) >= 11 is 0. The Kier molecular flexibility index (Phi) is 3.97. The summed E-state index contributed by atoms with van der Waals surface area (Å²) in [5.41, 5.74) is 0.591. The average molecular weight is 329 g/mol. The van der Waals surface area contributed by atoms with Gasteiger partial charge in [-0.25, -0.2) is 4.79 Å². The predicted molar refractivity (Wildman–Crippen MR) is 92.0 cm³/mol. The zero-order valence-corrected chi connectivity index (χ0v) is 15.2. The van der Waals surface area contributed by atoms with Crippen molar-refractivity contribution in [2.24, 2.45) is 22.7 Å². The van der Waals surface area contributed by atoms with Crippen molar-refractivity contribution in [2.45, 2.75) is 47.3 Å². The van der Waals surface area contributed by atoms with E-state index in [1.165, 1.54) is 0 Å². The van der Waals surface area contributed by atoms with Gasteiger partial charge < -0.3 is 9.64 Å². The Hall–Kier alpha value is -1.84. The van der Waals surface area contributed by atoms with Crippen molar-refractivity contribution in [1.29, 1.82) is 0 Å². The first-order valence-electron chi connectivity index (χ1n) is 8.65. The lowest BCUT2D eigenvalue weighted by atomic mass is 9.92. The predicted octanol–water partition coefficient (Wildman–Crippen LogP) is 3.26. The summed E-state index contributed by atoms with van der Waals surface area (Å²) in [6.07, 6.45) is 0. The zero-order valence-electron chi connectivity index (χ0n) is 15.2. The van der Waals surface area contributed by atoms with Crippen LogP contribution in [0.2, 0.25) is 0 Å². The van der Waals surface area contributed by atoms with Crippen LogP contribution >= 0.6 is 0 Å². The molecule has 4 heteroatoms. The topological polar surface area (TPSA) is 46.6 Å². The van der Waals surface area contributed by atoms with Gasteiger partial charge in [0.2, 0.25) is 5.91 Å². The molecule has 3 rings (SSSR count). The lowest BCUT2D eigenvalue weighted by Crippen LogP contribution is -2.49. The number of piperidine rings is 1. The monoisotopic (exact) mass is 329 g/mol. The fourth-order valence-corrected chi connectivity index (χ4v) is 4.01. The van der Waals surface area contributed by atoms with E-state index in [1.54, 1.807) is 4.90 Å². The number of carbonyl (C=O) groups is 2. The number of benzene rings is 1. The molecule has 4 nitrogen and oxygen atoms in total. The highest BCUT2D eigenvalue weighted by Crippen LogP contribution is 2.65. The number of ether oxygens (including phenoxy) is 1. The molecule has 3 atom stereocenters. The van der Waals surface area contributed by atoms with E-state index in [-0.39, 0.29) is 29.8 Å². The van der Waals surface area contributed by atoms with E-state index in [9.17, 15) is 9.59 Å². The minimum Gasteiger partial charge on any atom is -0.459 e. The molecule has 1 aliphatic heterocycles. The number of esters is 1. The van der Waals surface area contributed by atoms with Gasteiger partial charge in [0.15, 0.2) is 0 Å². The number of hydrogen-bond donors (Lipinski definition) is 0. The van der Waals surface area contributed by atoms with Crippen LogP contribution in [0.15, 0.2) is 30.3 Å². The molecule has 0 spiro atoms. The second-order valence-electron chi connectivity index (χ2n) is 8.70. The fourth-order valence-electron chi connectivity index (χ4n) is 4.01. The first-order chi connectivity index (χ1) is 11.1. The Labute approximate surface area is 144 Å². The standard InChI is InChI=1S/C20H27NO3/c1-19(2,3)18(23)21-11-14-15(20(14,4)5)16(21)17(22)24-12-13-9-7-6-8-10-13/h6-10,14-16H,11-12H2,1-5H3/t14-,15-,16-/m0/s1. The largest absolute Gasteiger partial charge is 0.459 e. The molecule has 2 aliphatic rings. The van der Waals surface area contributed by atoms with Crippen LogP contribution in [-0.2, 0) is 20.9 Å². The van der Waals surface area contributed by atoms with Crippen LogP contribution in [0, 0.1) is 22.7 Å². The zero-order chi connectivity index (χ0) is 17.7. The Morgan fingerprint density at radius 1 is 1.21 bits per heavy atom. The molecule has 24 heavy (non-hydrogen) atoms. The van der Waals surface area contributed by atoms with E-state index in [1.807, 2.05) is 51.1 Å². The van der Waals surface area contributed by atoms with Crippen LogP contribution < -0.4 is 0 Å². The molecular formula is C20H27NO3. The molecule has 1 amide bonds. The Bertz CT molecular complexity index is 645. The van der Waals surface area contributed by atoms with Gasteiger partial charge in [-0.3, -0.25) is 4.79 Å². The molecule has 0 N–H and O–H groups in total. The van der Waals surface area contributed by atoms with E-state index in [0.29, 0.717) is 12.5 Å². The van der Waals surface area contributed by atoms with Crippen LogP contribution in [0.25, 0.3) is 0 Å². The molecule has 1 aliphatic carbocycles. The van der Waals surface area contributed by atoms with Gasteiger partial charge in [-0.2, -0.15) is 0 Å². The SMILES string of the molecule is CC(C)(C)C(=O)N1C[C@H]2[C@@H]([C@H]1C(=O)OCc1ccccc1)C2(C)C.